The predicted octanol–water partition coefficient (Wildman–Crippen LogP) is 6.68. The van der Waals surface area contributed by atoms with E-state index in [2.05, 4.69) is 97.2 Å². The zero-order valence-electron chi connectivity index (χ0n) is 80.4. The molecule has 37 heteroatoms. The molecule has 9 rings (SSSR count). The van der Waals surface area contributed by atoms with Crippen molar-refractivity contribution in [2.24, 2.45) is 0 Å². The van der Waals surface area contributed by atoms with Crippen LogP contribution in [0, 0.1) is 0 Å². The average Bonchev–Trinajstić information content (AvgIpc) is 0.886. The molecule has 3 aliphatic rings. The van der Waals surface area contributed by atoms with Crippen LogP contribution < -0.4 is 68.5 Å². The molecule has 3 aliphatic heterocycles. The van der Waals surface area contributed by atoms with Crippen LogP contribution in [0.3, 0.4) is 0 Å². The van der Waals surface area contributed by atoms with Crippen LogP contribution >= 0.6 is 34.8 Å². The van der Waals surface area contributed by atoms with Gasteiger partial charge in [0.25, 0.3) is 29.5 Å². The Kier molecular flexibility index (Phi) is 58.2. The Morgan fingerprint density at radius 1 is 0.353 bits per heavy atom. The number of carbonyl (C=O) groups is 12. The molecule has 1 unspecified atom stereocenters. The Morgan fingerprint density at radius 2 is 0.618 bits per heavy atom. The number of rotatable bonds is 40. The monoisotopic (exact) mass is 1940 g/mol. The minimum absolute atomic E-state index is 0.173. The van der Waals surface area contributed by atoms with Crippen LogP contribution in [0.5, 0.6) is 5.75 Å². The molecule has 6 aromatic carbocycles. The molecule has 12 N–H and O–H groups in total. The fourth-order valence-corrected chi connectivity index (χ4v) is 12.9. The van der Waals surface area contributed by atoms with E-state index in [4.69, 9.17) is 53.8 Å². The second kappa shape index (κ2) is 68.0. The number of hydrogen-bond acceptors (Lipinski definition) is 22. The van der Waals surface area contributed by atoms with Crippen molar-refractivity contribution < 1.29 is 76.5 Å². The van der Waals surface area contributed by atoms with Gasteiger partial charge in [0.05, 0.1) is 46.8 Å². The van der Waals surface area contributed by atoms with Crippen molar-refractivity contribution in [1.82, 2.24) is 93.2 Å². The molecule has 0 aliphatic carbocycles. The van der Waals surface area contributed by atoms with Gasteiger partial charge in [-0.1, -0.05) is 158 Å². The molecule has 3 fully saturated rings. The summed E-state index contributed by atoms with van der Waals surface area (Å²) in [5, 5.41) is 34.4. The number of ether oxygens (including phenoxy) is 4. The topological polar surface area (TPSA) is 406 Å². The second-order valence-electron chi connectivity index (χ2n) is 31.5. The third-order valence-corrected chi connectivity index (χ3v) is 20.4. The molecule has 0 bridgehead atoms. The maximum absolute atomic E-state index is 12.4. The zero-order chi connectivity index (χ0) is 100.0. The fourth-order valence-electron chi connectivity index (χ4n) is 12.5. The Hall–Kier alpha value is -12.0. The minimum atomic E-state index is -0.589. The van der Waals surface area contributed by atoms with Gasteiger partial charge in [-0.05, 0) is 154 Å². The summed E-state index contributed by atoms with van der Waals surface area (Å²) in [5.41, 5.74) is 6.20. The summed E-state index contributed by atoms with van der Waals surface area (Å²) in [6.07, 6.45) is 8.65. The van der Waals surface area contributed by atoms with Gasteiger partial charge in [-0.15, -0.1) is 0 Å². The third kappa shape index (κ3) is 53.9. The van der Waals surface area contributed by atoms with Gasteiger partial charge in [-0.3, -0.25) is 72.2 Å². The molecule has 740 valence electrons. The van der Waals surface area contributed by atoms with E-state index in [0.29, 0.717) is 60.8 Å². The van der Waals surface area contributed by atoms with E-state index in [1.54, 1.807) is 110 Å². The SMILES string of the molecule is CC(=O)N/C(=C\c1ccc(Cl)cc1)C(=O)NCCN(C)C.CC(=O)N/C(=C\c1ccccc1)C(=O)NCCN(C)C.CC(=O)N/C(=C\c1ccccc1)C(=O)NCCN1CCOCC1.CC(=O)NC(Cc1ccc(Cl)cc1)C(=O)NCCN1CCOCC1.CCN(CC)CCNC(=O)/C(=C/c1ccc(Cl)cc1)NC(C)=O.COc1ccc(/C=C(\NC(C)=O)C(=O)NCCN2CCOCC2)cc1. The van der Waals surface area contributed by atoms with E-state index in [1.165, 1.54) is 41.5 Å². The first kappa shape index (κ1) is 116. The lowest BCUT2D eigenvalue weighted by molar-refractivity contribution is -0.128. The molecular weight excluding hydrogens is 1800 g/mol. The molecular formula is C99H137Cl3N18O16. The van der Waals surface area contributed by atoms with Crippen molar-refractivity contribution >= 4 is 136 Å². The maximum Gasteiger partial charge on any atom is 0.267 e. The van der Waals surface area contributed by atoms with Gasteiger partial charge in [-0.25, -0.2) is 0 Å². The highest BCUT2D eigenvalue weighted by Crippen LogP contribution is 2.18. The normalized spacial score (nSPS) is 13.8. The molecule has 3 saturated heterocycles. The molecule has 12 amide bonds. The molecule has 136 heavy (non-hydrogen) atoms. The van der Waals surface area contributed by atoms with E-state index in [9.17, 15) is 57.5 Å². The standard InChI is InChI=1S/C18H25N3O4.C17H24ClN3O3.C17H24ClN3O2.C17H23N3O3.C15H20ClN3O2.C15H21N3O2/c1-14(22)20-17(13-15-3-5-16(24-2)6-4-15)18(23)19-7-8-21-9-11-25-12-10-21;1-13(22)20-16(12-14-2-4-15(18)5-3-14)17(23)19-6-7-21-8-10-24-11-9-21;1-4-21(5-2)11-10-19-17(23)16(20-13(3)22)12-14-6-8-15(18)9-7-14;1-14(21)19-16(13-15-5-3-2-4-6-15)17(22)18-7-8-20-9-11-23-12-10-20;1-11(20)18-14(15(21)17-8-9-19(2)3)10-12-4-6-13(16)7-5-12;1-12(19)17-14(11-13-7-5-4-6-8-13)15(20)16-9-10-18(2)3/h3-6,13H,7-12H2,1-2H3,(H,19,23)(H,20,22);2-5,16H,6-12H2,1H3,(H,19,23)(H,20,22);6-9,12H,4-5,10-11H2,1-3H3,(H,19,23)(H,20,22);2-6,13H,7-12H2,1H3,(H,18,22)(H,19,21);4-7,10H,8-9H2,1-3H3,(H,17,21)(H,18,20);4-8,11H,9-10H2,1-3H3,(H,16,20)(H,17,19)/b17-13-;;16-12-;16-13-;14-10-;14-11-. The van der Waals surface area contributed by atoms with Crippen LogP contribution in [0.2, 0.25) is 15.1 Å². The molecule has 34 nitrogen and oxygen atoms in total. The van der Waals surface area contributed by atoms with E-state index in [-0.39, 0.29) is 99.4 Å². The Bertz CT molecular complexity index is 4820. The summed E-state index contributed by atoms with van der Waals surface area (Å²) in [4.78, 5) is 154. The van der Waals surface area contributed by atoms with Gasteiger partial charge in [0.2, 0.25) is 41.4 Å². The molecule has 0 saturated carbocycles. The van der Waals surface area contributed by atoms with Crippen LogP contribution in [0.4, 0.5) is 0 Å². The third-order valence-electron chi connectivity index (χ3n) is 19.6. The number of hydrogen-bond donors (Lipinski definition) is 12. The zero-order valence-corrected chi connectivity index (χ0v) is 82.7. The van der Waals surface area contributed by atoms with Crippen molar-refractivity contribution in [1.29, 1.82) is 0 Å². The lowest BCUT2D eigenvalue weighted by atomic mass is 10.1. The highest BCUT2D eigenvalue weighted by Gasteiger charge is 2.23. The number of amides is 12. The van der Waals surface area contributed by atoms with Crippen LogP contribution in [0.25, 0.3) is 30.4 Å². The second-order valence-corrected chi connectivity index (χ2v) is 32.9. The molecule has 6 aromatic rings. The van der Waals surface area contributed by atoms with Gasteiger partial charge in [0, 0.05) is 181 Å². The molecule has 3 heterocycles. The van der Waals surface area contributed by atoms with Crippen molar-refractivity contribution in [2.45, 2.75) is 67.9 Å². The van der Waals surface area contributed by atoms with Gasteiger partial charge in [0.15, 0.2) is 0 Å². The van der Waals surface area contributed by atoms with Gasteiger partial charge in [0.1, 0.15) is 40.3 Å². The number of nitrogens with one attached hydrogen (secondary N) is 12. The van der Waals surface area contributed by atoms with Crippen molar-refractivity contribution in [2.75, 3.05) is 206 Å². The van der Waals surface area contributed by atoms with Crippen molar-refractivity contribution in [3.8, 4) is 5.75 Å². The van der Waals surface area contributed by atoms with E-state index < -0.39 is 6.04 Å². The number of nitrogens with zero attached hydrogens (tertiary/aromatic N) is 6. The van der Waals surface area contributed by atoms with Crippen molar-refractivity contribution in [3.63, 3.8) is 0 Å². The molecule has 0 spiro atoms. The first-order valence-electron chi connectivity index (χ1n) is 44.9. The Labute approximate surface area is 815 Å². The summed E-state index contributed by atoms with van der Waals surface area (Å²) < 4.78 is 21.0. The first-order valence-corrected chi connectivity index (χ1v) is 46.1. The Morgan fingerprint density at radius 3 is 0.890 bits per heavy atom. The van der Waals surface area contributed by atoms with Crippen molar-refractivity contribution in [3.05, 3.63) is 235 Å². The minimum Gasteiger partial charge on any atom is -0.497 e. The number of likely N-dealkylation sites (N-methyl/N-ethyl adjacent to an activating group) is 3. The summed E-state index contributed by atoms with van der Waals surface area (Å²) >= 11 is 17.5. The van der Waals surface area contributed by atoms with Crippen LogP contribution in [0.1, 0.15) is 88.8 Å². The molecule has 1 atom stereocenters. The predicted molar refractivity (Wildman–Crippen MR) is 535 cm³/mol. The van der Waals surface area contributed by atoms with Gasteiger partial charge >= 0.3 is 0 Å². The highest BCUT2D eigenvalue weighted by molar-refractivity contribution is 6.31. The largest absolute Gasteiger partial charge is 0.497 e. The smallest absolute Gasteiger partial charge is 0.267 e. The summed E-state index contributed by atoms with van der Waals surface area (Å²) in [5.74, 6) is -2.57. The summed E-state index contributed by atoms with van der Waals surface area (Å²) in [7, 11) is 9.30. The van der Waals surface area contributed by atoms with Crippen LogP contribution in [-0.4, -0.2) is 312 Å². The Balaban J connectivity index is 0.000000341. The number of benzene rings is 6. The number of morpholine rings is 3. The molecule has 0 aromatic heterocycles. The lowest BCUT2D eigenvalue weighted by Crippen LogP contribution is -2.49. The maximum atomic E-state index is 12.4. The van der Waals surface area contributed by atoms with Gasteiger partial charge < -0.3 is 97.4 Å². The highest BCUT2D eigenvalue weighted by atomic mass is 35.5. The average molecular weight is 1940 g/mol. The van der Waals surface area contributed by atoms with E-state index >= 15 is 0 Å². The number of halogens is 3. The quantitative estimate of drug-likeness (QED) is 0.0178. The molecule has 0 radical (unpaired) electrons. The van der Waals surface area contributed by atoms with Gasteiger partial charge in [-0.2, -0.15) is 0 Å². The number of methoxy groups -OCH3 is 1. The fraction of sp³-hybridized carbons (Fsp3) is 0.414. The first-order chi connectivity index (χ1) is 65.1. The lowest BCUT2D eigenvalue weighted by Gasteiger charge is -2.27. The summed E-state index contributed by atoms with van der Waals surface area (Å²) in [6.45, 7) is 31.7. The summed E-state index contributed by atoms with van der Waals surface area (Å²) in [6, 6.07) is 46.8. The van der Waals surface area contributed by atoms with E-state index in [0.717, 1.165) is 170 Å². The van der Waals surface area contributed by atoms with E-state index in [1.807, 2.05) is 123 Å². The van der Waals surface area contributed by atoms with Crippen LogP contribution in [-0.2, 0) is 78.2 Å². The van der Waals surface area contributed by atoms with Crippen LogP contribution in [0.15, 0.2) is 186 Å². The number of carbonyl (C=O) groups excluding carboxylic acids is 12.